The molecule has 2 rings (SSSR count). The second-order valence-corrected chi connectivity index (χ2v) is 6.98. The molecule has 0 bridgehead atoms. The minimum absolute atomic E-state index is 0.191. The first-order valence-electron chi connectivity index (χ1n) is 5.86. The first-order valence-corrected chi connectivity index (χ1v) is 8.22. The maximum absolute atomic E-state index is 12.3. The average molecular weight is 310 g/mol. The molecule has 0 aliphatic heterocycles. The van der Waals surface area contributed by atoms with Crippen LogP contribution < -0.4 is 4.72 Å². The number of aryl methyl sites for hydroxylation is 2. The topological polar surface area (TPSA) is 76.1 Å². The maximum atomic E-state index is 12.3. The van der Waals surface area contributed by atoms with Crippen LogP contribution in [0.1, 0.15) is 28.5 Å². The van der Waals surface area contributed by atoms with Crippen molar-refractivity contribution in [1.29, 1.82) is 0 Å². The van der Waals surface area contributed by atoms with Gasteiger partial charge in [0.15, 0.2) is 10.9 Å². The predicted octanol–water partition coefficient (Wildman–Crippen LogP) is 2.76. The number of sulfonamides is 1. The third kappa shape index (κ3) is 3.05. The van der Waals surface area contributed by atoms with Crippen molar-refractivity contribution in [3.63, 3.8) is 0 Å². The van der Waals surface area contributed by atoms with Crippen molar-refractivity contribution in [3.05, 3.63) is 40.4 Å². The maximum Gasteiger partial charge on any atom is 0.263 e. The van der Waals surface area contributed by atoms with Crippen LogP contribution in [0, 0.1) is 13.8 Å². The van der Waals surface area contributed by atoms with E-state index in [2.05, 4.69) is 9.71 Å². The molecular formula is C13H14N2O3S2. The zero-order valence-corrected chi connectivity index (χ0v) is 12.9. The fraction of sp³-hybridized carbons (Fsp3) is 0.231. The quantitative estimate of drug-likeness (QED) is 0.881. The Kier molecular flexibility index (Phi) is 3.92. The molecule has 0 amide bonds. The molecule has 1 aromatic heterocycles. The molecule has 7 heteroatoms. The van der Waals surface area contributed by atoms with Crippen molar-refractivity contribution in [1.82, 2.24) is 4.98 Å². The molecule has 20 heavy (non-hydrogen) atoms. The van der Waals surface area contributed by atoms with Crippen LogP contribution in [0.15, 0.2) is 28.5 Å². The highest BCUT2D eigenvalue weighted by Gasteiger charge is 2.19. The number of thiazole rings is 1. The monoisotopic (exact) mass is 310 g/mol. The Hall–Kier alpha value is -1.73. The van der Waals surface area contributed by atoms with E-state index >= 15 is 0 Å². The van der Waals surface area contributed by atoms with E-state index in [1.807, 2.05) is 13.0 Å². The molecule has 0 aliphatic carbocycles. The second-order valence-electron chi connectivity index (χ2n) is 4.47. The zero-order chi connectivity index (χ0) is 14.9. The molecular weight excluding hydrogens is 296 g/mol. The highest BCUT2D eigenvalue weighted by atomic mass is 32.2. The number of carbonyl (C=O) groups excluding carboxylic acids is 1. The van der Waals surface area contributed by atoms with E-state index in [1.54, 1.807) is 19.1 Å². The lowest BCUT2D eigenvalue weighted by Gasteiger charge is -2.08. The Labute approximate surface area is 121 Å². The number of rotatable bonds is 4. The molecule has 1 aromatic carbocycles. The first-order chi connectivity index (χ1) is 9.29. The molecule has 5 nitrogen and oxygen atoms in total. The van der Waals surface area contributed by atoms with Crippen LogP contribution in [-0.4, -0.2) is 19.2 Å². The molecule has 0 atom stereocenters. The molecule has 0 spiro atoms. The standard InChI is InChI=1S/C13H14N2O3S2/c1-8-4-5-9(2)12(6-8)20(17,18)15-13-14-11(7-19-13)10(3)16/h4-7H,1-3H3,(H,14,15). The van der Waals surface area contributed by atoms with Gasteiger partial charge in [-0.2, -0.15) is 0 Å². The summed E-state index contributed by atoms with van der Waals surface area (Å²) in [6, 6.07) is 5.22. The Morgan fingerprint density at radius 2 is 2.00 bits per heavy atom. The Balaban J connectivity index is 2.35. The second kappa shape index (κ2) is 5.34. The predicted molar refractivity (Wildman–Crippen MR) is 78.8 cm³/mol. The smallest absolute Gasteiger partial charge is 0.263 e. The van der Waals surface area contributed by atoms with Crippen LogP contribution >= 0.6 is 11.3 Å². The molecule has 2 aromatic rings. The number of nitrogens with one attached hydrogen (secondary N) is 1. The highest BCUT2D eigenvalue weighted by molar-refractivity contribution is 7.93. The summed E-state index contributed by atoms with van der Waals surface area (Å²) in [6.45, 7) is 4.95. The molecule has 0 fully saturated rings. The fourth-order valence-corrected chi connectivity index (χ4v) is 3.98. The van der Waals surface area contributed by atoms with Gasteiger partial charge in [-0.15, -0.1) is 11.3 Å². The summed E-state index contributed by atoms with van der Waals surface area (Å²) in [5, 5.41) is 1.72. The number of benzene rings is 1. The number of ketones is 1. The first kappa shape index (κ1) is 14.7. The van der Waals surface area contributed by atoms with Crippen LogP contribution in [0.4, 0.5) is 5.13 Å². The molecule has 0 unspecified atom stereocenters. The van der Waals surface area contributed by atoms with Crippen LogP contribution in [0.5, 0.6) is 0 Å². The molecule has 0 radical (unpaired) electrons. The van der Waals surface area contributed by atoms with E-state index < -0.39 is 10.0 Å². The average Bonchev–Trinajstić information content (AvgIpc) is 2.80. The lowest BCUT2D eigenvalue weighted by molar-refractivity contribution is 0.101. The van der Waals surface area contributed by atoms with Gasteiger partial charge < -0.3 is 0 Å². The van der Waals surface area contributed by atoms with E-state index in [-0.39, 0.29) is 21.5 Å². The van der Waals surface area contributed by atoms with E-state index in [9.17, 15) is 13.2 Å². The molecule has 0 saturated heterocycles. The van der Waals surface area contributed by atoms with Gasteiger partial charge in [-0.05, 0) is 31.0 Å². The van der Waals surface area contributed by atoms with E-state index in [1.165, 1.54) is 12.3 Å². The van der Waals surface area contributed by atoms with Crippen molar-refractivity contribution >= 4 is 32.3 Å². The number of nitrogens with zero attached hydrogens (tertiary/aromatic N) is 1. The number of Topliss-reactive ketones (excluding diaryl/α,β-unsaturated/α-hetero) is 1. The van der Waals surface area contributed by atoms with Gasteiger partial charge in [0.2, 0.25) is 0 Å². The molecule has 0 aliphatic rings. The number of hydrogen-bond donors (Lipinski definition) is 1. The summed E-state index contributed by atoms with van der Waals surface area (Å²) in [5.74, 6) is -0.196. The minimum atomic E-state index is -3.69. The summed E-state index contributed by atoms with van der Waals surface area (Å²) < 4.78 is 27.1. The van der Waals surface area contributed by atoms with Crippen LogP contribution in [0.3, 0.4) is 0 Å². The third-order valence-electron chi connectivity index (χ3n) is 2.72. The van der Waals surface area contributed by atoms with Gasteiger partial charge in [0.25, 0.3) is 10.0 Å². The van der Waals surface area contributed by atoms with E-state index in [0.717, 1.165) is 16.9 Å². The van der Waals surface area contributed by atoms with Gasteiger partial charge in [-0.25, -0.2) is 13.4 Å². The number of hydrogen-bond acceptors (Lipinski definition) is 5. The Morgan fingerprint density at radius 1 is 1.30 bits per heavy atom. The lowest BCUT2D eigenvalue weighted by atomic mass is 10.2. The van der Waals surface area contributed by atoms with Gasteiger partial charge >= 0.3 is 0 Å². The van der Waals surface area contributed by atoms with E-state index in [0.29, 0.717) is 5.56 Å². The Morgan fingerprint density at radius 3 is 2.60 bits per heavy atom. The van der Waals surface area contributed by atoms with E-state index in [4.69, 9.17) is 0 Å². The summed E-state index contributed by atoms with van der Waals surface area (Å²) in [5.41, 5.74) is 1.78. The highest BCUT2D eigenvalue weighted by Crippen LogP contribution is 2.23. The number of aromatic nitrogens is 1. The molecule has 1 heterocycles. The van der Waals surface area contributed by atoms with Crippen LogP contribution in [-0.2, 0) is 10.0 Å². The zero-order valence-electron chi connectivity index (χ0n) is 11.3. The number of carbonyl (C=O) groups is 1. The van der Waals surface area contributed by atoms with Crippen molar-refractivity contribution in [3.8, 4) is 0 Å². The van der Waals surface area contributed by atoms with Crippen molar-refractivity contribution < 1.29 is 13.2 Å². The van der Waals surface area contributed by atoms with Gasteiger partial charge in [0, 0.05) is 12.3 Å². The van der Waals surface area contributed by atoms with Crippen molar-refractivity contribution in [2.45, 2.75) is 25.7 Å². The third-order valence-corrected chi connectivity index (χ3v) is 5.09. The van der Waals surface area contributed by atoms with Gasteiger partial charge in [-0.3, -0.25) is 9.52 Å². The van der Waals surface area contributed by atoms with Gasteiger partial charge in [0.05, 0.1) is 4.90 Å². The molecule has 1 N–H and O–H groups in total. The summed E-state index contributed by atoms with van der Waals surface area (Å²) in [4.78, 5) is 15.3. The summed E-state index contributed by atoms with van der Waals surface area (Å²) >= 11 is 1.09. The van der Waals surface area contributed by atoms with Crippen molar-refractivity contribution in [2.24, 2.45) is 0 Å². The Bertz CT molecular complexity index is 764. The van der Waals surface area contributed by atoms with Gasteiger partial charge in [-0.1, -0.05) is 12.1 Å². The normalized spacial score (nSPS) is 11.3. The van der Waals surface area contributed by atoms with Crippen molar-refractivity contribution in [2.75, 3.05) is 4.72 Å². The van der Waals surface area contributed by atoms with Gasteiger partial charge in [0.1, 0.15) is 5.69 Å². The summed E-state index contributed by atoms with van der Waals surface area (Å²) in [7, 11) is -3.69. The van der Waals surface area contributed by atoms with Crippen LogP contribution in [0.25, 0.3) is 0 Å². The largest absolute Gasteiger partial charge is 0.293 e. The number of anilines is 1. The van der Waals surface area contributed by atoms with Crippen LogP contribution in [0.2, 0.25) is 0 Å². The summed E-state index contributed by atoms with van der Waals surface area (Å²) in [6.07, 6.45) is 0. The SMILES string of the molecule is CC(=O)c1csc(NS(=O)(=O)c2cc(C)ccc2C)n1. The lowest BCUT2D eigenvalue weighted by Crippen LogP contribution is -2.14. The minimum Gasteiger partial charge on any atom is -0.293 e. The molecule has 0 saturated carbocycles. The fourth-order valence-electron chi connectivity index (χ4n) is 1.65. The molecule has 106 valence electrons.